The van der Waals surface area contributed by atoms with Gasteiger partial charge in [-0.15, -0.1) is 0 Å². The highest BCUT2D eigenvalue weighted by Crippen LogP contribution is 2.38. The van der Waals surface area contributed by atoms with Gasteiger partial charge in [0.15, 0.2) is 17.3 Å². The lowest BCUT2D eigenvalue weighted by Gasteiger charge is -2.19. The van der Waals surface area contributed by atoms with E-state index >= 15 is 0 Å². The molecule has 2 aromatic carbocycles. The summed E-state index contributed by atoms with van der Waals surface area (Å²) >= 11 is 12.0. The lowest BCUT2D eigenvalue weighted by molar-refractivity contribution is -0.386. The normalized spacial score (nSPS) is 16.5. The zero-order valence-corrected chi connectivity index (χ0v) is 17.4. The van der Waals surface area contributed by atoms with Crippen LogP contribution in [0.5, 0.6) is 5.75 Å². The minimum absolute atomic E-state index is 0.0875. The maximum absolute atomic E-state index is 12.3. The van der Waals surface area contributed by atoms with Crippen LogP contribution in [0.15, 0.2) is 42.0 Å². The Morgan fingerprint density at radius 1 is 1.20 bits per heavy atom. The Hall–Kier alpha value is -2.90. The van der Waals surface area contributed by atoms with E-state index in [1.807, 2.05) is 0 Å². The van der Waals surface area contributed by atoms with Crippen molar-refractivity contribution in [3.8, 4) is 5.75 Å². The van der Waals surface area contributed by atoms with Crippen molar-refractivity contribution in [2.75, 3.05) is 0 Å². The number of carbonyl (C=O) groups is 2. The molecule has 9 heteroatoms. The summed E-state index contributed by atoms with van der Waals surface area (Å²) in [6, 6.07) is 8.80. The van der Waals surface area contributed by atoms with Gasteiger partial charge < -0.3 is 9.84 Å². The summed E-state index contributed by atoms with van der Waals surface area (Å²) in [5.41, 5.74) is -0.665. The van der Waals surface area contributed by atoms with Crippen LogP contribution in [0.4, 0.5) is 5.69 Å². The molecule has 1 aliphatic carbocycles. The number of para-hydroxylation sites is 1. The molecule has 0 atom stereocenters. The quantitative estimate of drug-likeness (QED) is 0.217. The predicted octanol–water partition coefficient (Wildman–Crippen LogP) is 5.32. The van der Waals surface area contributed by atoms with Crippen molar-refractivity contribution < 1.29 is 24.4 Å². The van der Waals surface area contributed by atoms with Gasteiger partial charge in [-0.25, -0.2) is 0 Å². The first-order chi connectivity index (χ1) is 14.2. The number of hydrogen-bond acceptors (Lipinski definition) is 6. The van der Waals surface area contributed by atoms with Gasteiger partial charge in [-0.2, -0.15) is 0 Å². The number of nitrogens with zero attached hydrogens (tertiary/aromatic N) is 1. The molecule has 0 heterocycles. The number of halogens is 2. The van der Waals surface area contributed by atoms with Crippen LogP contribution in [0.3, 0.4) is 0 Å². The summed E-state index contributed by atoms with van der Waals surface area (Å²) in [5, 5.41) is 23.1. The summed E-state index contributed by atoms with van der Waals surface area (Å²) in [4.78, 5) is 35.6. The van der Waals surface area contributed by atoms with Crippen molar-refractivity contribution >= 4 is 46.2 Å². The number of carbonyl (C=O) groups excluding carboxylic acids is 2. The Morgan fingerprint density at radius 2 is 1.87 bits per heavy atom. The number of nitro groups is 1. The average Bonchev–Trinajstić information content (AvgIpc) is 2.66. The number of hydrogen-bond donors (Lipinski definition) is 1. The number of rotatable bonds is 5. The minimum Gasteiger partial charge on any atom is -0.506 e. The molecule has 0 bridgehead atoms. The Balaban J connectivity index is 2.01. The van der Waals surface area contributed by atoms with Gasteiger partial charge in [-0.1, -0.05) is 42.3 Å². The molecule has 2 aromatic rings. The fraction of sp³-hybridized carbons (Fsp3) is 0.238. The zero-order chi connectivity index (χ0) is 22.0. The number of ether oxygens (including phenoxy) is 1. The van der Waals surface area contributed by atoms with Gasteiger partial charge in [-0.05, 0) is 30.2 Å². The summed E-state index contributed by atoms with van der Waals surface area (Å²) < 4.78 is 5.58. The molecule has 0 amide bonds. The van der Waals surface area contributed by atoms with Gasteiger partial charge in [0.25, 0.3) is 0 Å². The van der Waals surface area contributed by atoms with E-state index in [9.17, 15) is 24.8 Å². The van der Waals surface area contributed by atoms with E-state index in [0.717, 1.165) is 0 Å². The maximum atomic E-state index is 12.3. The molecule has 1 fully saturated rings. The first-order valence-corrected chi connectivity index (χ1v) is 9.78. The SMILES string of the molecule is CC1CC(=O)C(=C(O)c2cccc(OCc3ccc(Cl)cc3Cl)c2[N+](=O)[O-])C(=O)C1. The van der Waals surface area contributed by atoms with Crippen LogP contribution in [0.2, 0.25) is 10.0 Å². The fourth-order valence-corrected chi connectivity index (χ4v) is 3.74. The average molecular weight is 450 g/mol. The molecule has 7 nitrogen and oxygen atoms in total. The smallest absolute Gasteiger partial charge is 0.321 e. The highest BCUT2D eigenvalue weighted by molar-refractivity contribution is 6.35. The Labute approximate surface area is 182 Å². The number of allylic oxidation sites excluding steroid dienone is 1. The fourth-order valence-electron chi connectivity index (χ4n) is 3.28. The Morgan fingerprint density at radius 3 is 2.47 bits per heavy atom. The molecular weight excluding hydrogens is 433 g/mol. The molecule has 0 unspecified atom stereocenters. The third-order valence-electron chi connectivity index (χ3n) is 4.70. The number of nitro benzene ring substituents is 1. The van der Waals surface area contributed by atoms with Gasteiger partial charge in [0.1, 0.15) is 17.9 Å². The molecule has 1 aliphatic rings. The van der Waals surface area contributed by atoms with E-state index in [4.69, 9.17) is 27.9 Å². The molecule has 1 N–H and O–H groups in total. The van der Waals surface area contributed by atoms with Crippen molar-refractivity contribution in [3.63, 3.8) is 0 Å². The Kier molecular flexibility index (Phi) is 6.43. The predicted molar refractivity (Wildman–Crippen MR) is 112 cm³/mol. The van der Waals surface area contributed by atoms with Crippen LogP contribution in [0.1, 0.15) is 30.9 Å². The first kappa shape index (κ1) is 21.8. The summed E-state index contributed by atoms with van der Waals surface area (Å²) in [6.07, 6.45) is 0.175. The van der Waals surface area contributed by atoms with E-state index in [2.05, 4.69) is 0 Å². The second-order valence-corrected chi connectivity index (χ2v) is 7.86. The monoisotopic (exact) mass is 449 g/mol. The summed E-state index contributed by atoms with van der Waals surface area (Å²) in [5.74, 6) is -2.07. The van der Waals surface area contributed by atoms with Crippen molar-refractivity contribution in [1.29, 1.82) is 0 Å². The van der Waals surface area contributed by atoms with Crippen LogP contribution in [-0.4, -0.2) is 21.6 Å². The van der Waals surface area contributed by atoms with Crippen LogP contribution >= 0.6 is 23.2 Å². The molecule has 156 valence electrons. The van der Waals surface area contributed by atoms with Crippen molar-refractivity contribution in [2.24, 2.45) is 5.92 Å². The lowest BCUT2D eigenvalue weighted by Crippen LogP contribution is -2.25. The van der Waals surface area contributed by atoms with Gasteiger partial charge in [0.2, 0.25) is 0 Å². The molecule has 3 rings (SSSR count). The number of aliphatic hydroxyl groups excluding tert-OH is 1. The van der Waals surface area contributed by atoms with Gasteiger partial charge in [-0.3, -0.25) is 19.7 Å². The largest absolute Gasteiger partial charge is 0.506 e. The van der Waals surface area contributed by atoms with E-state index < -0.39 is 33.5 Å². The van der Waals surface area contributed by atoms with Gasteiger partial charge in [0.05, 0.1) is 10.5 Å². The number of ketones is 2. The summed E-state index contributed by atoms with van der Waals surface area (Å²) in [6.45, 7) is 1.66. The van der Waals surface area contributed by atoms with Crippen molar-refractivity contribution in [3.05, 3.63) is 73.3 Å². The molecule has 0 radical (unpaired) electrons. The number of Topliss-reactive ketones (excluding diaryl/α,β-unsaturated/α-hetero) is 2. The van der Waals surface area contributed by atoms with E-state index in [1.165, 1.54) is 24.3 Å². The summed E-state index contributed by atoms with van der Waals surface area (Å²) in [7, 11) is 0. The first-order valence-electron chi connectivity index (χ1n) is 9.03. The van der Waals surface area contributed by atoms with Crippen LogP contribution < -0.4 is 4.74 Å². The second kappa shape index (κ2) is 8.85. The molecule has 0 spiro atoms. The van der Waals surface area contributed by atoms with Gasteiger partial charge >= 0.3 is 5.69 Å². The van der Waals surface area contributed by atoms with Crippen molar-refractivity contribution in [2.45, 2.75) is 26.4 Å². The lowest BCUT2D eigenvalue weighted by atomic mass is 9.83. The van der Waals surface area contributed by atoms with Gasteiger partial charge in [0, 0.05) is 28.5 Å². The standard InChI is InChI=1S/C21H17Cl2NO6/c1-11-7-16(25)19(17(26)8-11)21(27)14-3-2-4-18(20(14)24(28)29)30-10-12-5-6-13(22)9-15(12)23/h2-6,9,11,27H,7-8,10H2,1H3. The number of benzene rings is 2. The highest BCUT2D eigenvalue weighted by atomic mass is 35.5. The molecule has 30 heavy (non-hydrogen) atoms. The molecule has 0 aliphatic heterocycles. The van der Waals surface area contributed by atoms with E-state index in [-0.39, 0.29) is 36.7 Å². The Bertz CT molecular complexity index is 1060. The third kappa shape index (κ3) is 4.47. The van der Waals surface area contributed by atoms with Crippen LogP contribution in [-0.2, 0) is 16.2 Å². The highest BCUT2D eigenvalue weighted by Gasteiger charge is 2.34. The molecule has 0 saturated heterocycles. The molecule has 0 aromatic heterocycles. The molecule has 1 saturated carbocycles. The van der Waals surface area contributed by atoms with Crippen molar-refractivity contribution in [1.82, 2.24) is 0 Å². The second-order valence-electron chi connectivity index (χ2n) is 7.02. The van der Waals surface area contributed by atoms with Crippen LogP contribution in [0.25, 0.3) is 5.76 Å². The number of aliphatic hydroxyl groups is 1. The minimum atomic E-state index is -0.731. The van der Waals surface area contributed by atoms with E-state index in [0.29, 0.717) is 15.6 Å². The molecular formula is C21H17Cl2NO6. The third-order valence-corrected chi connectivity index (χ3v) is 5.28. The topological polar surface area (TPSA) is 107 Å². The maximum Gasteiger partial charge on any atom is 0.321 e. The van der Waals surface area contributed by atoms with Crippen LogP contribution in [0, 0.1) is 16.0 Å². The van der Waals surface area contributed by atoms with E-state index in [1.54, 1.807) is 19.1 Å². The zero-order valence-electron chi connectivity index (χ0n) is 15.9.